The zero-order chi connectivity index (χ0) is 11.4. The molecule has 1 aromatic heterocycles. The smallest absolute Gasteiger partial charge is 0.154 e. The molecule has 0 radical (unpaired) electrons. The second-order valence-electron chi connectivity index (χ2n) is 3.19. The van der Waals surface area contributed by atoms with Crippen LogP contribution in [0, 0.1) is 0 Å². The molecule has 0 saturated carbocycles. The van der Waals surface area contributed by atoms with Crippen LogP contribution in [0.25, 0.3) is 0 Å². The topological polar surface area (TPSA) is 38.9 Å². The van der Waals surface area contributed by atoms with Gasteiger partial charge in [-0.3, -0.25) is 0 Å². The van der Waals surface area contributed by atoms with Crippen molar-refractivity contribution < 1.29 is 0 Å². The minimum absolute atomic E-state index is 0.646. The molecule has 0 amide bonds. The molecule has 2 N–H and O–H groups in total. The van der Waals surface area contributed by atoms with E-state index in [1.165, 1.54) is 5.56 Å². The fraction of sp³-hybridized carbons (Fsp3) is 0.182. The zero-order valence-corrected chi connectivity index (χ0v) is 10.9. The highest BCUT2D eigenvalue weighted by molar-refractivity contribution is 8.01. The SMILES string of the molecule is NCCc1ccc(Cl)cc1Sc1nccs1. The minimum atomic E-state index is 0.646. The van der Waals surface area contributed by atoms with Crippen LogP contribution in [0.15, 0.2) is 39.0 Å². The van der Waals surface area contributed by atoms with Gasteiger partial charge in [0.15, 0.2) is 4.34 Å². The van der Waals surface area contributed by atoms with Crippen LogP contribution < -0.4 is 5.73 Å². The summed E-state index contributed by atoms with van der Waals surface area (Å²) in [4.78, 5) is 5.40. The van der Waals surface area contributed by atoms with Crippen LogP contribution in [0.1, 0.15) is 5.56 Å². The van der Waals surface area contributed by atoms with Crippen molar-refractivity contribution in [2.45, 2.75) is 15.7 Å². The van der Waals surface area contributed by atoms with E-state index in [-0.39, 0.29) is 0 Å². The fourth-order valence-electron chi connectivity index (χ4n) is 1.34. The van der Waals surface area contributed by atoms with E-state index in [2.05, 4.69) is 4.98 Å². The third-order valence-electron chi connectivity index (χ3n) is 2.05. The van der Waals surface area contributed by atoms with E-state index in [1.807, 2.05) is 23.6 Å². The van der Waals surface area contributed by atoms with Gasteiger partial charge in [-0.2, -0.15) is 0 Å². The second-order valence-corrected chi connectivity index (χ2v) is 5.81. The van der Waals surface area contributed by atoms with E-state index < -0.39 is 0 Å². The van der Waals surface area contributed by atoms with Gasteiger partial charge in [-0.25, -0.2) is 4.98 Å². The number of hydrogen-bond acceptors (Lipinski definition) is 4. The van der Waals surface area contributed by atoms with Crippen molar-refractivity contribution >= 4 is 34.7 Å². The molecule has 0 atom stereocenters. The van der Waals surface area contributed by atoms with Crippen molar-refractivity contribution in [1.82, 2.24) is 4.98 Å². The van der Waals surface area contributed by atoms with Crippen molar-refractivity contribution in [1.29, 1.82) is 0 Å². The fourth-order valence-corrected chi connectivity index (χ4v) is 3.35. The maximum absolute atomic E-state index is 6.00. The summed E-state index contributed by atoms with van der Waals surface area (Å²) in [5, 5.41) is 2.72. The second kappa shape index (κ2) is 5.68. The largest absolute Gasteiger partial charge is 0.330 e. The molecule has 84 valence electrons. The van der Waals surface area contributed by atoms with Gasteiger partial charge in [0, 0.05) is 21.5 Å². The van der Waals surface area contributed by atoms with Crippen LogP contribution in [-0.4, -0.2) is 11.5 Å². The first-order chi connectivity index (χ1) is 7.79. The Morgan fingerprint density at radius 1 is 1.44 bits per heavy atom. The molecule has 16 heavy (non-hydrogen) atoms. The quantitative estimate of drug-likeness (QED) is 0.925. The van der Waals surface area contributed by atoms with Crippen molar-refractivity contribution in [2.24, 2.45) is 5.73 Å². The van der Waals surface area contributed by atoms with E-state index in [0.29, 0.717) is 6.54 Å². The van der Waals surface area contributed by atoms with Crippen molar-refractivity contribution in [3.63, 3.8) is 0 Å². The predicted molar refractivity (Wildman–Crippen MR) is 70.4 cm³/mol. The number of benzene rings is 1. The lowest BCUT2D eigenvalue weighted by molar-refractivity contribution is 0.944. The van der Waals surface area contributed by atoms with Gasteiger partial charge in [0.2, 0.25) is 0 Å². The van der Waals surface area contributed by atoms with Crippen LogP contribution in [0.2, 0.25) is 5.02 Å². The zero-order valence-electron chi connectivity index (χ0n) is 8.52. The molecule has 0 aliphatic carbocycles. The van der Waals surface area contributed by atoms with E-state index in [4.69, 9.17) is 17.3 Å². The van der Waals surface area contributed by atoms with Gasteiger partial charge < -0.3 is 5.73 Å². The van der Waals surface area contributed by atoms with Crippen molar-refractivity contribution in [3.8, 4) is 0 Å². The summed E-state index contributed by atoms with van der Waals surface area (Å²) in [6.07, 6.45) is 2.67. The number of thiazole rings is 1. The Balaban J connectivity index is 2.26. The number of rotatable bonds is 4. The maximum Gasteiger partial charge on any atom is 0.154 e. The Labute approximate surface area is 108 Å². The summed E-state index contributed by atoms with van der Waals surface area (Å²) in [6, 6.07) is 5.90. The predicted octanol–water partition coefficient (Wildman–Crippen LogP) is 3.45. The lowest BCUT2D eigenvalue weighted by atomic mass is 10.1. The molecule has 0 spiro atoms. The number of halogens is 1. The molecule has 0 fully saturated rings. The highest BCUT2D eigenvalue weighted by atomic mass is 35.5. The molecule has 2 nitrogen and oxygen atoms in total. The number of nitrogens with two attached hydrogens (primary N) is 1. The monoisotopic (exact) mass is 270 g/mol. The normalized spacial score (nSPS) is 10.6. The first-order valence-corrected chi connectivity index (χ1v) is 6.93. The molecular formula is C11H11ClN2S2. The van der Waals surface area contributed by atoms with Crippen molar-refractivity contribution in [3.05, 3.63) is 40.4 Å². The lowest BCUT2D eigenvalue weighted by Crippen LogP contribution is -2.03. The molecule has 2 aromatic rings. The first kappa shape index (κ1) is 11.9. The molecule has 1 heterocycles. The molecular weight excluding hydrogens is 260 g/mol. The first-order valence-electron chi connectivity index (χ1n) is 4.85. The average Bonchev–Trinajstić information content (AvgIpc) is 2.75. The molecule has 5 heteroatoms. The van der Waals surface area contributed by atoms with Crippen LogP contribution in [0.5, 0.6) is 0 Å². The summed E-state index contributed by atoms with van der Waals surface area (Å²) in [6.45, 7) is 0.646. The summed E-state index contributed by atoms with van der Waals surface area (Å²) in [7, 11) is 0. The average molecular weight is 271 g/mol. The van der Waals surface area contributed by atoms with Crippen LogP contribution >= 0.6 is 34.7 Å². The molecule has 1 aromatic carbocycles. The Kier molecular flexibility index (Phi) is 4.23. The van der Waals surface area contributed by atoms with Gasteiger partial charge in [-0.15, -0.1) is 11.3 Å². The maximum atomic E-state index is 6.00. The molecule has 0 bridgehead atoms. The van der Waals surface area contributed by atoms with Crippen LogP contribution in [0.4, 0.5) is 0 Å². The summed E-state index contributed by atoms with van der Waals surface area (Å²) in [5.74, 6) is 0. The standard InChI is InChI=1S/C11H11ClN2S2/c12-9-2-1-8(3-4-13)10(7-9)16-11-14-5-6-15-11/h1-2,5-7H,3-4,13H2. The minimum Gasteiger partial charge on any atom is -0.330 e. The van der Waals surface area contributed by atoms with Crippen LogP contribution in [-0.2, 0) is 6.42 Å². The van der Waals surface area contributed by atoms with E-state index in [1.54, 1.807) is 29.3 Å². The molecule has 0 aliphatic heterocycles. The summed E-state index contributed by atoms with van der Waals surface area (Å²) in [5.41, 5.74) is 6.81. The van der Waals surface area contributed by atoms with Gasteiger partial charge in [-0.05, 0) is 30.7 Å². The van der Waals surface area contributed by atoms with Gasteiger partial charge in [0.25, 0.3) is 0 Å². The third-order valence-corrected chi connectivity index (χ3v) is 4.27. The Bertz CT molecular complexity index is 457. The number of aromatic nitrogens is 1. The van der Waals surface area contributed by atoms with Crippen LogP contribution in [0.3, 0.4) is 0 Å². The van der Waals surface area contributed by atoms with E-state index in [0.717, 1.165) is 20.7 Å². The van der Waals surface area contributed by atoms with Crippen molar-refractivity contribution in [2.75, 3.05) is 6.54 Å². The van der Waals surface area contributed by atoms with Gasteiger partial charge >= 0.3 is 0 Å². The summed E-state index contributed by atoms with van der Waals surface area (Å²) < 4.78 is 1.03. The highest BCUT2D eigenvalue weighted by Crippen LogP contribution is 2.33. The highest BCUT2D eigenvalue weighted by Gasteiger charge is 2.06. The van der Waals surface area contributed by atoms with E-state index >= 15 is 0 Å². The third kappa shape index (κ3) is 2.98. The van der Waals surface area contributed by atoms with Gasteiger partial charge in [0.1, 0.15) is 0 Å². The Morgan fingerprint density at radius 3 is 3.00 bits per heavy atom. The molecule has 0 unspecified atom stereocenters. The lowest BCUT2D eigenvalue weighted by Gasteiger charge is -2.07. The van der Waals surface area contributed by atoms with E-state index in [9.17, 15) is 0 Å². The number of hydrogen-bond donors (Lipinski definition) is 1. The number of nitrogens with zero attached hydrogens (tertiary/aromatic N) is 1. The Morgan fingerprint density at radius 2 is 2.31 bits per heavy atom. The van der Waals surface area contributed by atoms with Gasteiger partial charge in [-0.1, -0.05) is 29.4 Å². The molecule has 0 saturated heterocycles. The van der Waals surface area contributed by atoms with Gasteiger partial charge in [0.05, 0.1) is 0 Å². The molecule has 0 aliphatic rings. The Hall–Kier alpha value is -0.550. The summed E-state index contributed by atoms with van der Waals surface area (Å²) >= 11 is 9.27. The molecule has 2 rings (SSSR count).